The second-order valence-corrected chi connectivity index (χ2v) is 10.7. The quantitative estimate of drug-likeness (QED) is 0.113. The molecule has 0 N–H and O–H groups in total. The Labute approximate surface area is 254 Å². The normalized spacial score (nSPS) is 21.4. The topological polar surface area (TPSA) is 133 Å². The van der Waals surface area contributed by atoms with Gasteiger partial charge in [0.25, 0.3) is 0 Å². The summed E-state index contributed by atoms with van der Waals surface area (Å²) < 4.78 is 39.2. The van der Waals surface area contributed by atoms with Crippen molar-refractivity contribution in [2.75, 3.05) is 13.2 Å². The number of carbonyl (C=O) groups excluding carboxylic acids is 4. The summed E-state index contributed by atoms with van der Waals surface area (Å²) in [7, 11) is 0. The van der Waals surface area contributed by atoms with E-state index < -0.39 is 54.6 Å². The number of ether oxygens (including phenoxy) is 7. The van der Waals surface area contributed by atoms with Gasteiger partial charge in [-0.15, -0.1) is 0 Å². The van der Waals surface area contributed by atoms with Gasteiger partial charge in [0, 0.05) is 27.7 Å². The van der Waals surface area contributed by atoms with Crippen LogP contribution in [0.4, 0.5) is 0 Å². The number of hydrogen-bond donors (Lipinski definition) is 0. The van der Waals surface area contributed by atoms with Gasteiger partial charge < -0.3 is 33.2 Å². The second kappa shape index (κ2) is 19.8. The molecule has 0 aliphatic carbocycles. The average molecular weight is 609 g/mol. The smallest absolute Gasteiger partial charge is 0.303 e. The number of hydrogen-bond acceptors (Lipinski definition) is 11. The predicted molar refractivity (Wildman–Crippen MR) is 156 cm³/mol. The van der Waals surface area contributed by atoms with Crippen molar-refractivity contribution in [3.63, 3.8) is 0 Å². The predicted octanol–water partition coefficient (Wildman–Crippen LogP) is 5.45. The van der Waals surface area contributed by atoms with Crippen molar-refractivity contribution in [2.24, 2.45) is 0 Å². The highest BCUT2D eigenvalue weighted by Crippen LogP contribution is 2.31. The molecule has 242 valence electrons. The van der Waals surface area contributed by atoms with Crippen molar-refractivity contribution in [1.29, 1.82) is 0 Å². The van der Waals surface area contributed by atoms with Crippen LogP contribution >= 0.6 is 0 Å². The fourth-order valence-electron chi connectivity index (χ4n) is 4.81. The molecule has 0 amide bonds. The van der Waals surface area contributed by atoms with E-state index in [9.17, 15) is 19.2 Å². The molecule has 1 aliphatic heterocycles. The molecule has 2 rings (SSSR count). The lowest BCUT2D eigenvalue weighted by atomic mass is 9.98. The Morgan fingerprint density at radius 2 is 1.12 bits per heavy atom. The number of carbonyl (C=O) groups is 4. The Bertz CT molecular complexity index is 994. The summed E-state index contributed by atoms with van der Waals surface area (Å²) in [6, 6.07) is 6.83. The van der Waals surface area contributed by atoms with Crippen molar-refractivity contribution in [1.82, 2.24) is 0 Å². The standard InChI is InChI=1S/C32H48O11/c1-6-7-8-9-10-11-12-13-14-15-20-37-26-16-18-27(19-17-26)42-32-31(41-25(5)36)30(40-24(4)35)29(39-23(3)34)28(43-32)21-38-22(2)33/h16-19,28-32H,6-15,20-21H2,1-5H3/t28-,29-,30+,31-,32-/m1/s1. The molecule has 1 aromatic rings. The number of unbranched alkanes of at least 4 members (excludes halogenated alkanes) is 9. The van der Waals surface area contributed by atoms with Gasteiger partial charge >= 0.3 is 23.9 Å². The first-order valence-corrected chi connectivity index (χ1v) is 15.3. The summed E-state index contributed by atoms with van der Waals surface area (Å²) in [6.45, 7) is 7.22. The molecule has 5 atom stereocenters. The van der Waals surface area contributed by atoms with Gasteiger partial charge in [0.15, 0.2) is 12.2 Å². The molecule has 43 heavy (non-hydrogen) atoms. The van der Waals surface area contributed by atoms with Crippen LogP contribution in [0.1, 0.15) is 98.8 Å². The van der Waals surface area contributed by atoms with Gasteiger partial charge in [-0.3, -0.25) is 19.2 Å². The molecule has 11 heteroatoms. The highest BCUT2D eigenvalue weighted by molar-refractivity contribution is 5.68. The summed E-state index contributed by atoms with van der Waals surface area (Å²) in [5.74, 6) is -1.68. The van der Waals surface area contributed by atoms with Gasteiger partial charge in [0.2, 0.25) is 12.4 Å². The third-order valence-corrected chi connectivity index (χ3v) is 6.79. The first-order valence-electron chi connectivity index (χ1n) is 15.3. The zero-order valence-corrected chi connectivity index (χ0v) is 26.2. The highest BCUT2D eigenvalue weighted by atomic mass is 16.7. The summed E-state index contributed by atoms with van der Waals surface area (Å²) in [5.41, 5.74) is 0. The first kappa shape index (κ1) is 35.9. The van der Waals surface area contributed by atoms with Crippen LogP contribution < -0.4 is 9.47 Å². The Kier molecular flexibility index (Phi) is 16.5. The van der Waals surface area contributed by atoms with Gasteiger partial charge in [-0.1, -0.05) is 64.7 Å². The molecule has 1 saturated heterocycles. The summed E-state index contributed by atoms with van der Waals surface area (Å²) in [5, 5.41) is 0. The van der Waals surface area contributed by atoms with Gasteiger partial charge in [0.1, 0.15) is 24.2 Å². The molecule has 0 radical (unpaired) electrons. The van der Waals surface area contributed by atoms with Crippen LogP contribution in [-0.4, -0.2) is 67.8 Å². The van der Waals surface area contributed by atoms with E-state index in [4.69, 9.17) is 33.2 Å². The molecule has 0 aromatic heterocycles. The maximum atomic E-state index is 12.0. The van der Waals surface area contributed by atoms with Crippen LogP contribution in [0.2, 0.25) is 0 Å². The lowest BCUT2D eigenvalue weighted by molar-refractivity contribution is -0.288. The molecule has 0 unspecified atom stereocenters. The summed E-state index contributed by atoms with van der Waals surface area (Å²) in [4.78, 5) is 47.4. The maximum Gasteiger partial charge on any atom is 0.303 e. The van der Waals surface area contributed by atoms with Gasteiger partial charge in [-0.2, -0.15) is 0 Å². The van der Waals surface area contributed by atoms with E-state index in [-0.39, 0.29) is 6.61 Å². The van der Waals surface area contributed by atoms with E-state index in [2.05, 4.69) is 6.92 Å². The van der Waals surface area contributed by atoms with Crippen LogP contribution in [-0.2, 0) is 42.9 Å². The van der Waals surface area contributed by atoms with E-state index >= 15 is 0 Å². The van der Waals surface area contributed by atoms with Crippen LogP contribution in [0, 0.1) is 0 Å². The molecule has 1 aromatic carbocycles. The SMILES string of the molecule is CCCCCCCCCCCCOc1ccc(O[C@@H]2O[C@H](COC(C)=O)[C@@H](OC(C)=O)[C@H](OC(C)=O)[C@H]2OC(C)=O)cc1. The van der Waals surface area contributed by atoms with Gasteiger partial charge in [0.05, 0.1) is 6.61 Å². The van der Waals surface area contributed by atoms with Crippen molar-refractivity contribution >= 4 is 23.9 Å². The Morgan fingerprint density at radius 3 is 1.65 bits per heavy atom. The van der Waals surface area contributed by atoms with Crippen LogP contribution in [0.5, 0.6) is 11.5 Å². The molecule has 0 bridgehead atoms. The lowest BCUT2D eigenvalue weighted by Crippen LogP contribution is -2.63. The maximum absolute atomic E-state index is 12.0. The average Bonchev–Trinajstić information content (AvgIpc) is 2.94. The molecular weight excluding hydrogens is 560 g/mol. The van der Waals surface area contributed by atoms with Crippen molar-refractivity contribution in [3.8, 4) is 11.5 Å². The van der Waals surface area contributed by atoms with E-state index in [1.807, 2.05) is 0 Å². The van der Waals surface area contributed by atoms with Crippen molar-refractivity contribution < 1.29 is 52.3 Å². The minimum absolute atomic E-state index is 0.330. The van der Waals surface area contributed by atoms with Crippen molar-refractivity contribution in [2.45, 2.75) is 130 Å². The molecule has 11 nitrogen and oxygen atoms in total. The van der Waals surface area contributed by atoms with Crippen LogP contribution in [0.15, 0.2) is 24.3 Å². The van der Waals surface area contributed by atoms with Gasteiger partial charge in [-0.05, 0) is 30.7 Å². The van der Waals surface area contributed by atoms with Crippen molar-refractivity contribution in [3.05, 3.63) is 24.3 Å². The number of rotatable bonds is 19. The monoisotopic (exact) mass is 608 g/mol. The zero-order chi connectivity index (χ0) is 31.6. The Hall–Kier alpha value is -3.34. The molecule has 1 heterocycles. The number of esters is 4. The molecule has 0 saturated carbocycles. The van der Waals surface area contributed by atoms with Crippen LogP contribution in [0.25, 0.3) is 0 Å². The second-order valence-electron chi connectivity index (χ2n) is 10.7. The van der Waals surface area contributed by atoms with E-state index in [0.717, 1.165) is 26.7 Å². The third-order valence-electron chi connectivity index (χ3n) is 6.79. The number of benzene rings is 1. The molecular formula is C32H48O11. The molecule has 1 aliphatic rings. The summed E-state index contributed by atoms with van der Waals surface area (Å²) >= 11 is 0. The molecule has 0 spiro atoms. The van der Waals surface area contributed by atoms with Crippen LogP contribution in [0.3, 0.4) is 0 Å². The first-order chi connectivity index (χ1) is 20.6. The highest BCUT2D eigenvalue weighted by Gasteiger charge is 2.53. The fourth-order valence-corrected chi connectivity index (χ4v) is 4.81. The lowest BCUT2D eigenvalue weighted by Gasteiger charge is -2.43. The summed E-state index contributed by atoms with van der Waals surface area (Å²) in [6.07, 6.45) is 6.26. The third kappa shape index (κ3) is 14.1. The largest absolute Gasteiger partial charge is 0.494 e. The fraction of sp³-hybridized carbons (Fsp3) is 0.688. The minimum Gasteiger partial charge on any atom is -0.494 e. The van der Waals surface area contributed by atoms with E-state index in [1.54, 1.807) is 24.3 Å². The van der Waals surface area contributed by atoms with E-state index in [1.165, 1.54) is 65.2 Å². The zero-order valence-electron chi connectivity index (χ0n) is 26.2. The molecule has 1 fully saturated rings. The Morgan fingerprint density at radius 1 is 0.628 bits per heavy atom. The Balaban J connectivity index is 2.00. The van der Waals surface area contributed by atoms with Gasteiger partial charge in [-0.25, -0.2) is 0 Å². The van der Waals surface area contributed by atoms with E-state index in [0.29, 0.717) is 18.1 Å². The minimum atomic E-state index is -1.30.